The summed E-state index contributed by atoms with van der Waals surface area (Å²) in [5.74, 6) is -4.38. The topological polar surface area (TPSA) is 69.6 Å². The Balaban J connectivity index is 2.73. The van der Waals surface area contributed by atoms with Gasteiger partial charge < -0.3 is 15.3 Å². The first-order chi connectivity index (χ1) is 8.84. The zero-order valence-corrected chi connectivity index (χ0v) is 10.5. The van der Waals surface area contributed by atoms with Crippen molar-refractivity contribution in [3.05, 3.63) is 29.3 Å². The molecule has 2 N–H and O–H groups in total. The van der Waals surface area contributed by atoms with Gasteiger partial charge in [0, 0.05) is 27.1 Å². The van der Waals surface area contributed by atoms with Crippen LogP contribution >= 0.6 is 0 Å². The van der Waals surface area contributed by atoms with E-state index in [1.165, 1.54) is 4.90 Å². The number of anilines is 1. The Morgan fingerprint density at radius 2 is 1.89 bits per heavy atom. The number of aromatic carboxylic acids is 1. The van der Waals surface area contributed by atoms with Gasteiger partial charge in [-0.25, -0.2) is 13.6 Å². The van der Waals surface area contributed by atoms with Gasteiger partial charge in [-0.2, -0.15) is 0 Å². The molecule has 0 aromatic heterocycles. The molecule has 1 amide bonds. The molecule has 1 aromatic carbocycles. The number of nitrogens with zero attached hydrogens (tertiary/aromatic N) is 1. The maximum atomic E-state index is 13.5. The molecule has 0 saturated carbocycles. The van der Waals surface area contributed by atoms with Crippen LogP contribution in [0.1, 0.15) is 16.8 Å². The van der Waals surface area contributed by atoms with Gasteiger partial charge >= 0.3 is 5.97 Å². The van der Waals surface area contributed by atoms with Crippen molar-refractivity contribution in [2.45, 2.75) is 6.42 Å². The zero-order chi connectivity index (χ0) is 14.6. The van der Waals surface area contributed by atoms with Gasteiger partial charge in [0.25, 0.3) is 0 Å². The first-order valence-corrected chi connectivity index (χ1v) is 5.50. The lowest BCUT2D eigenvalue weighted by Gasteiger charge is -2.12. The molecule has 0 unspecified atom stereocenters. The van der Waals surface area contributed by atoms with E-state index in [9.17, 15) is 18.4 Å². The second kappa shape index (κ2) is 6.12. The summed E-state index contributed by atoms with van der Waals surface area (Å²) in [5, 5.41) is 11.2. The third kappa shape index (κ3) is 3.64. The summed E-state index contributed by atoms with van der Waals surface area (Å²) < 4.78 is 26.9. The maximum Gasteiger partial charge on any atom is 0.338 e. The van der Waals surface area contributed by atoms with Gasteiger partial charge in [-0.15, -0.1) is 0 Å². The average molecular weight is 272 g/mol. The number of halogens is 2. The molecule has 0 bridgehead atoms. The second-order valence-corrected chi connectivity index (χ2v) is 4.06. The molecule has 19 heavy (non-hydrogen) atoms. The van der Waals surface area contributed by atoms with Crippen molar-refractivity contribution < 1.29 is 23.5 Å². The number of amides is 1. The summed E-state index contributed by atoms with van der Waals surface area (Å²) in [7, 11) is 3.18. The van der Waals surface area contributed by atoms with Crippen molar-refractivity contribution in [1.82, 2.24) is 4.90 Å². The van der Waals surface area contributed by atoms with Crippen molar-refractivity contribution in [3.63, 3.8) is 0 Å². The van der Waals surface area contributed by atoms with E-state index in [1.54, 1.807) is 14.1 Å². The molecule has 5 nitrogen and oxygen atoms in total. The summed E-state index contributed by atoms with van der Waals surface area (Å²) in [6.07, 6.45) is 0.120. The molecule has 0 fully saturated rings. The molecule has 0 aliphatic carbocycles. The van der Waals surface area contributed by atoms with Crippen LogP contribution in [0.5, 0.6) is 0 Å². The monoisotopic (exact) mass is 272 g/mol. The van der Waals surface area contributed by atoms with E-state index < -0.39 is 23.2 Å². The molecule has 0 aliphatic rings. The van der Waals surface area contributed by atoms with Crippen molar-refractivity contribution in [1.29, 1.82) is 0 Å². The number of hydrogen-bond donors (Lipinski definition) is 2. The van der Waals surface area contributed by atoms with Crippen LogP contribution < -0.4 is 5.32 Å². The Labute approximate surface area is 108 Å². The van der Waals surface area contributed by atoms with Crippen LogP contribution in [0.15, 0.2) is 12.1 Å². The number of rotatable bonds is 5. The van der Waals surface area contributed by atoms with Crippen molar-refractivity contribution in [2.75, 3.05) is 26.0 Å². The summed E-state index contributed by atoms with van der Waals surface area (Å²) in [6, 6.07) is 2.10. The third-order valence-electron chi connectivity index (χ3n) is 2.47. The van der Waals surface area contributed by atoms with Crippen LogP contribution in [-0.2, 0) is 4.79 Å². The van der Waals surface area contributed by atoms with Gasteiger partial charge in [-0.3, -0.25) is 4.79 Å². The van der Waals surface area contributed by atoms with E-state index in [2.05, 4.69) is 5.32 Å². The minimum absolute atomic E-state index is 0.120. The van der Waals surface area contributed by atoms with Crippen LogP contribution in [0.2, 0.25) is 0 Å². The Morgan fingerprint density at radius 1 is 1.26 bits per heavy atom. The smallest absolute Gasteiger partial charge is 0.338 e. The highest BCUT2D eigenvalue weighted by Crippen LogP contribution is 2.20. The largest absolute Gasteiger partial charge is 0.478 e. The maximum absolute atomic E-state index is 13.5. The van der Waals surface area contributed by atoms with Gasteiger partial charge in [0.2, 0.25) is 5.91 Å². The van der Waals surface area contributed by atoms with Gasteiger partial charge in [-0.1, -0.05) is 0 Å². The molecule has 0 saturated heterocycles. The van der Waals surface area contributed by atoms with Crippen LogP contribution in [0.25, 0.3) is 0 Å². The van der Waals surface area contributed by atoms with E-state index >= 15 is 0 Å². The first kappa shape index (κ1) is 14.9. The average Bonchev–Trinajstić information content (AvgIpc) is 2.33. The molecule has 0 atom stereocenters. The predicted molar refractivity (Wildman–Crippen MR) is 65.1 cm³/mol. The fraction of sp³-hybridized carbons (Fsp3) is 0.333. The van der Waals surface area contributed by atoms with E-state index in [-0.39, 0.29) is 24.6 Å². The summed E-state index contributed by atoms with van der Waals surface area (Å²) in [6.45, 7) is 0.125. The Kier molecular flexibility index (Phi) is 4.80. The van der Waals surface area contributed by atoms with E-state index in [4.69, 9.17) is 5.11 Å². The molecule has 0 heterocycles. The standard InChI is InChI=1S/C12H14F2N2O3/c1-16(2)9(17)5-6-15-8-4-3-7(12(18)19)10(13)11(8)14/h3-4,15H,5-6H2,1-2H3,(H,18,19). The van der Waals surface area contributed by atoms with Crippen LogP contribution in [-0.4, -0.2) is 42.5 Å². The molecule has 1 rings (SSSR count). The minimum Gasteiger partial charge on any atom is -0.478 e. The molecule has 1 aromatic rings. The molecule has 7 heteroatoms. The number of hydrogen-bond acceptors (Lipinski definition) is 3. The quantitative estimate of drug-likeness (QED) is 0.853. The number of nitrogens with one attached hydrogen (secondary N) is 1. The molecular formula is C12H14F2N2O3. The lowest BCUT2D eigenvalue weighted by Crippen LogP contribution is -2.24. The van der Waals surface area contributed by atoms with E-state index in [1.807, 2.05) is 0 Å². The normalized spacial score (nSPS) is 10.1. The van der Waals surface area contributed by atoms with Crippen molar-refractivity contribution in [2.24, 2.45) is 0 Å². The van der Waals surface area contributed by atoms with Gasteiger partial charge in [-0.05, 0) is 12.1 Å². The van der Waals surface area contributed by atoms with E-state index in [0.717, 1.165) is 12.1 Å². The van der Waals surface area contributed by atoms with Gasteiger partial charge in [0.15, 0.2) is 11.6 Å². The number of benzene rings is 1. The van der Waals surface area contributed by atoms with Crippen LogP contribution in [0, 0.1) is 11.6 Å². The van der Waals surface area contributed by atoms with Crippen LogP contribution in [0.4, 0.5) is 14.5 Å². The number of carbonyl (C=O) groups excluding carboxylic acids is 1. The van der Waals surface area contributed by atoms with Crippen molar-refractivity contribution >= 4 is 17.6 Å². The number of carboxylic acids is 1. The molecule has 104 valence electrons. The van der Waals surface area contributed by atoms with E-state index in [0.29, 0.717) is 0 Å². The molecule has 0 radical (unpaired) electrons. The number of carbonyl (C=O) groups is 2. The lowest BCUT2D eigenvalue weighted by atomic mass is 10.2. The first-order valence-electron chi connectivity index (χ1n) is 5.50. The Morgan fingerprint density at radius 3 is 2.42 bits per heavy atom. The SMILES string of the molecule is CN(C)C(=O)CCNc1ccc(C(=O)O)c(F)c1F. The fourth-order valence-corrected chi connectivity index (χ4v) is 1.38. The third-order valence-corrected chi connectivity index (χ3v) is 2.47. The molecule has 0 aliphatic heterocycles. The van der Waals surface area contributed by atoms with Crippen LogP contribution in [0.3, 0.4) is 0 Å². The Hall–Kier alpha value is -2.18. The minimum atomic E-state index is -1.54. The molecular weight excluding hydrogens is 258 g/mol. The second-order valence-electron chi connectivity index (χ2n) is 4.06. The highest BCUT2D eigenvalue weighted by atomic mass is 19.2. The summed E-state index contributed by atoms with van der Waals surface area (Å²) in [5.41, 5.74) is -0.901. The van der Waals surface area contributed by atoms with Gasteiger partial charge in [0.1, 0.15) is 0 Å². The number of carboxylic acid groups (broad SMARTS) is 1. The fourth-order valence-electron chi connectivity index (χ4n) is 1.38. The van der Waals surface area contributed by atoms with Crippen molar-refractivity contribution in [3.8, 4) is 0 Å². The summed E-state index contributed by atoms with van der Waals surface area (Å²) >= 11 is 0. The Bertz CT molecular complexity index is 504. The lowest BCUT2D eigenvalue weighted by molar-refractivity contribution is -0.128. The highest BCUT2D eigenvalue weighted by Gasteiger charge is 2.17. The highest BCUT2D eigenvalue weighted by molar-refractivity contribution is 5.88. The zero-order valence-electron chi connectivity index (χ0n) is 10.5. The van der Waals surface area contributed by atoms with Gasteiger partial charge in [0.05, 0.1) is 11.3 Å². The predicted octanol–water partition coefficient (Wildman–Crippen LogP) is 1.55. The molecule has 0 spiro atoms. The summed E-state index contributed by atoms with van der Waals surface area (Å²) in [4.78, 5) is 23.2.